The number of carbonyl (C=O) groups excluding carboxylic acids is 1. The molecule has 0 aliphatic carbocycles. The van der Waals surface area contributed by atoms with E-state index in [-0.39, 0.29) is 12.5 Å². The van der Waals surface area contributed by atoms with Gasteiger partial charge in [-0.25, -0.2) is 0 Å². The van der Waals surface area contributed by atoms with Crippen molar-refractivity contribution in [3.63, 3.8) is 0 Å². The first-order valence-electron chi connectivity index (χ1n) is 30.9. The van der Waals surface area contributed by atoms with Crippen LogP contribution in [0.25, 0.3) is 0 Å². The fourth-order valence-electron chi connectivity index (χ4n) is 10.5. The number of hydrogen-bond donors (Lipinski definition) is 9. The lowest BCUT2D eigenvalue weighted by molar-refractivity contribution is -0.359. The van der Waals surface area contributed by atoms with Crippen molar-refractivity contribution in [1.82, 2.24) is 5.32 Å². The quantitative estimate of drug-likeness (QED) is 0.0204. The highest BCUT2D eigenvalue weighted by Gasteiger charge is 2.51. The number of rotatable bonds is 50. The molecule has 9 N–H and O–H groups in total. The first-order chi connectivity index (χ1) is 36.1. The van der Waals surface area contributed by atoms with Crippen molar-refractivity contribution < 1.29 is 64.6 Å². The molecule has 0 radical (unpaired) electrons. The summed E-state index contributed by atoms with van der Waals surface area (Å²) >= 11 is 0. The molecule has 0 bridgehead atoms. The third-order valence-corrected chi connectivity index (χ3v) is 15.5. The third-order valence-electron chi connectivity index (χ3n) is 15.5. The predicted molar refractivity (Wildman–Crippen MR) is 295 cm³/mol. The van der Waals surface area contributed by atoms with E-state index >= 15 is 0 Å². The van der Waals surface area contributed by atoms with Crippen molar-refractivity contribution in [3.05, 3.63) is 12.2 Å². The zero-order valence-electron chi connectivity index (χ0n) is 47.1. The molecule has 2 aliphatic heterocycles. The highest BCUT2D eigenvalue weighted by Crippen LogP contribution is 2.30. The normalized spacial score (nSPS) is 25.2. The SMILES string of the molecule is CCCCCCCCCC/C=C\CCCCCCCCCCCCCCCCCCCCCCCCCC(=O)NC(COC1OC(CO)C(OC2OC(CO)C(O)C(O)C2O)C(O)C1O)C(O)CCCCCCC. The first kappa shape index (κ1) is 68.8. The second-order valence-electron chi connectivity index (χ2n) is 22.2. The maximum Gasteiger partial charge on any atom is 0.220 e. The van der Waals surface area contributed by atoms with Gasteiger partial charge in [0, 0.05) is 6.42 Å². The van der Waals surface area contributed by atoms with E-state index in [1.165, 1.54) is 186 Å². The Morgan fingerprint density at radius 2 is 0.851 bits per heavy atom. The van der Waals surface area contributed by atoms with Gasteiger partial charge in [-0.2, -0.15) is 0 Å². The van der Waals surface area contributed by atoms with Crippen molar-refractivity contribution in [2.75, 3.05) is 19.8 Å². The maximum atomic E-state index is 13.1. The van der Waals surface area contributed by atoms with Crippen LogP contribution in [0.4, 0.5) is 0 Å². The number of amides is 1. The van der Waals surface area contributed by atoms with Crippen molar-refractivity contribution in [2.45, 2.75) is 344 Å². The van der Waals surface area contributed by atoms with Gasteiger partial charge >= 0.3 is 0 Å². The summed E-state index contributed by atoms with van der Waals surface area (Å²) in [5.41, 5.74) is 0. The van der Waals surface area contributed by atoms with Gasteiger partial charge in [0.05, 0.1) is 32.0 Å². The fraction of sp³-hybridized carbons (Fsp3) is 0.950. The standard InChI is InChI=1S/C60H115NO13/c1-3-5-7-9-10-11-12-13-14-15-16-17-18-19-20-21-22-23-24-25-26-27-28-29-30-31-32-33-34-35-36-37-38-40-42-44-52(65)61-48(49(64)43-41-39-8-6-4-2)47-71-59-57(70)55(68)58(51(46-63)73-59)74-60-56(69)54(67)53(66)50(45-62)72-60/h15-16,48-51,53-60,62-64,66-70H,3-14,17-47H2,1-2H3,(H,61,65)/b16-15-. The third kappa shape index (κ3) is 32.0. The van der Waals surface area contributed by atoms with E-state index in [0.29, 0.717) is 12.8 Å². The Kier molecular flexibility index (Phi) is 43.4. The molecule has 0 aromatic carbocycles. The zero-order chi connectivity index (χ0) is 53.9. The van der Waals surface area contributed by atoms with Crippen LogP contribution in [0.3, 0.4) is 0 Å². The molecule has 2 aliphatic rings. The Morgan fingerprint density at radius 3 is 1.28 bits per heavy atom. The van der Waals surface area contributed by atoms with Gasteiger partial charge in [0.15, 0.2) is 12.6 Å². The van der Waals surface area contributed by atoms with E-state index in [1.807, 2.05) is 0 Å². The molecular weight excluding hydrogens is 943 g/mol. The summed E-state index contributed by atoms with van der Waals surface area (Å²) in [6.07, 6.45) is 37.6. The van der Waals surface area contributed by atoms with Crippen molar-refractivity contribution in [1.29, 1.82) is 0 Å². The van der Waals surface area contributed by atoms with Crippen LogP contribution in [0, 0.1) is 0 Å². The van der Waals surface area contributed by atoms with Crippen molar-refractivity contribution >= 4 is 5.91 Å². The minimum atomic E-state index is -1.78. The minimum absolute atomic E-state index is 0.209. The Morgan fingerprint density at radius 1 is 0.473 bits per heavy atom. The van der Waals surface area contributed by atoms with Gasteiger partial charge in [-0.15, -0.1) is 0 Å². The van der Waals surface area contributed by atoms with Crippen molar-refractivity contribution in [2.24, 2.45) is 0 Å². The second kappa shape index (κ2) is 46.6. The van der Waals surface area contributed by atoms with E-state index in [0.717, 1.165) is 57.8 Å². The van der Waals surface area contributed by atoms with Crippen LogP contribution in [0.1, 0.15) is 271 Å². The van der Waals surface area contributed by atoms with E-state index in [9.17, 15) is 45.6 Å². The molecule has 74 heavy (non-hydrogen) atoms. The Balaban J connectivity index is 1.49. The fourth-order valence-corrected chi connectivity index (χ4v) is 10.5. The van der Waals surface area contributed by atoms with E-state index in [4.69, 9.17) is 18.9 Å². The summed E-state index contributed by atoms with van der Waals surface area (Å²) in [4.78, 5) is 13.1. The largest absolute Gasteiger partial charge is 0.394 e. The average molecular weight is 1060 g/mol. The van der Waals surface area contributed by atoms with Crippen LogP contribution >= 0.6 is 0 Å². The second-order valence-corrected chi connectivity index (χ2v) is 22.2. The number of unbranched alkanes of at least 4 members (excludes halogenated alkanes) is 35. The van der Waals surface area contributed by atoms with Gasteiger partial charge in [-0.05, 0) is 38.5 Å². The molecular formula is C60H115NO13. The molecule has 1 amide bonds. The molecule has 0 aromatic heterocycles. The first-order valence-corrected chi connectivity index (χ1v) is 30.9. The Hall–Kier alpha value is -1.27. The summed E-state index contributed by atoms with van der Waals surface area (Å²) in [7, 11) is 0. The lowest BCUT2D eigenvalue weighted by atomic mass is 9.97. The lowest BCUT2D eigenvalue weighted by Crippen LogP contribution is -2.65. The van der Waals surface area contributed by atoms with Crippen molar-refractivity contribution in [3.8, 4) is 0 Å². The number of hydrogen-bond acceptors (Lipinski definition) is 13. The molecule has 12 atom stereocenters. The molecule has 438 valence electrons. The maximum absolute atomic E-state index is 13.1. The number of nitrogens with one attached hydrogen (secondary N) is 1. The number of ether oxygens (including phenoxy) is 4. The number of carbonyl (C=O) groups is 1. The van der Waals surface area contributed by atoms with Crippen LogP contribution in [0.5, 0.6) is 0 Å². The molecule has 0 saturated carbocycles. The summed E-state index contributed by atoms with van der Waals surface area (Å²) in [6.45, 7) is 2.78. The summed E-state index contributed by atoms with van der Waals surface area (Å²) < 4.78 is 22.7. The summed E-state index contributed by atoms with van der Waals surface area (Å²) in [6, 6.07) is -0.820. The predicted octanol–water partition coefficient (Wildman–Crippen LogP) is 10.7. The molecule has 2 saturated heterocycles. The monoisotopic (exact) mass is 1060 g/mol. The van der Waals surface area contributed by atoms with Gasteiger partial charge in [0.25, 0.3) is 0 Å². The molecule has 2 rings (SSSR count). The van der Waals surface area contributed by atoms with Crippen LogP contribution in [0.15, 0.2) is 12.2 Å². The van der Waals surface area contributed by atoms with Gasteiger partial charge in [-0.3, -0.25) is 4.79 Å². The molecule has 12 unspecified atom stereocenters. The molecule has 2 heterocycles. The van der Waals surface area contributed by atoms with Crippen LogP contribution in [-0.4, -0.2) is 140 Å². The number of aliphatic hydroxyl groups excluding tert-OH is 8. The topological polar surface area (TPSA) is 228 Å². The summed E-state index contributed by atoms with van der Waals surface area (Å²) in [5, 5.41) is 86.5. The van der Waals surface area contributed by atoms with Crippen LogP contribution < -0.4 is 5.32 Å². The van der Waals surface area contributed by atoms with E-state index in [1.54, 1.807) is 0 Å². The molecule has 14 heteroatoms. The number of aliphatic hydroxyl groups is 8. The molecule has 14 nitrogen and oxygen atoms in total. The Labute approximate surface area is 450 Å². The zero-order valence-corrected chi connectivity index (χ0v) is 47.1. The molecule has 0 aromatic rings. The van der Waals surface area contributed by atoms with Crippen LogP contribution in [0.2, 0.25) is 0 Å². The average Bonchev–Trinajstić information content (AvgIpc) is 3.40. The lowest BCUT2D eigenvalue weighted by Gasteiger charge is -2.46. The highest BCUT2D eigenvalue weighted by molar-refractivity contribution is 5.76. The number of allylic oxidation sites excluding steroid dienone is 2. The van der Waals surface area contributed by atoms with Gasteiger partial charge < -0.3 is 65.1 Å². The van der Waals surface area contributed by atoms with Gasteiger partial charge in [-0.1, -0.05) is 238 Å². The Bertz CT molecular complexity index is 1290. The highest BCUT2D eigenvalue weighted by atomic mass is 16.7. The van der Waals surface area contributed by atoms with Gasteiger partial charge in [0.2, 0.25) is 5.91 Å². The van der Waals surface area contributed by atoms with Gasteiger partial charge in [0.1, 0.15) is 48.8 Å². The minimum Gasteiger partial charge on any atom is -0.394 e. The van der Waals surface area contributed by atoms with Crippen LogP contribution in [-0.2, 0) is 23.7 Å². The smallest absolute Gasteiger partial charge is 0.220 e. The summed E-state index contributed by atoms with van der Waals surface area (Å²) in [5.74, 6) is -0.209. The van der Waals surface area contributed by atoms with E-state index in [2.05, 4.69) is 31.3 Å². The van der Waals surface area contributed by atoms with E-state index < -0.39 is 86.8 Å². The molecule has 0 spiro atoms. The molecule has 2 fully saturated rings.